The Kier molecular flexibility index (Phi) is 4.98. The Balaban J connectivity index is 1.49. The van der Waals surface area contributed by atoms with Gasteiger partial charge in [0.15, 0.2) is 0 Å². The molecule has 0 aromatic heterocycles. The molecule has 1 N–H and O–H groups in total. The Morgan fingerprint density at radius 2 is 1.82 bits per heavy atom. The van der Waals surface area contributed by atoms with Crippen LogP contribution in [-0.2, 0) is 9.59 Å². The highest BCUT2D eigenvalue weighted by Gasteiger charge is 2.35. The second-order valence-corrected chi connectivity index (χ2v) is 6.85. The maximum Gasteiger partial charge on any atom is 0.229 e. The van der Waals surface area contributed by atoms with Gasteiger partial charge in [0.2, 0.25) is 11.8 Å². The largest absolute Gasteiger partial charge is 0.494 e. The van der Waals surface area contributed by atoms with Gasteiger partial charge in [0, 0.05) is 24.0 Å². The Hall–Kier alpha value is -3.34. The zero-order valence-corrected chi connectivity index (χ0v) is 15.7. The van der Waals surface area contributed by atoms with Crippen LogP contribution in [0.1, 0.15) is 13.3 Å². The highest BCUT2D eigenvalue weighted by molar-refractivity contribution is 6.08. The highest BCUT2D eigenvalue weighted by Crippen LogP contribution is 2.32. The summed E-state index contributed by atoms with van der Waals surface area (Å²) in [7, 11) is 0. The zero-order chi connectivity index (χ0) is 19.5. The van der Waals surface area contributed by atoms with Gasteiger partial charge in [0.05, 0.1) is 18.2 Å². The summed E-state index contributed by atoms with van der Waals surface area (Å²) in [6, 6.07) is 21.1. The van der Waals surface area contributed by atoms with E-state index in [2.05, 4.69) is 5.32 Å². The van der Waals surface area contributed by atoms with E-state index in [0.717, 1.165) is 22.2 Å². The Morgan fingerprint density at radius 1 is 1.07 bits per heavy atom. The van der Waals surface area contributed by atoms with Crippen molar-refractivity contribution in [1.29, 1.82) is 0 Å². The fraction of sp³-hybridized carbons (Fsp3) is 0.217. The van der Waals surface area contributed by atoms with E-state index < -0.39 is 0 Å². The van der Waals surface area contributed by atoms with Gasteiger partial charge >= 0.3 is 0 Å². The Morgan fingerprint density at radius 3 is 2.61 bits per heavy atom. The molecule has 5 nitrogen and oxygen atoms in total. The first kappa shape index (κ1) is 18.0. The minimum atomic E-state index is -0.377. The molecule has 0 saturated carbocycles. The van der Waals surface area contributed by atoms with Crippen LogP contribution in [0.25, 0.3) is 10.8 Å². The van der Waals surface area contributed by atoms with E-state index >= 15 is 0 Å². The van der Waals surface area contributed by atoms with Crippen molar-refractivity contribution in [2.45, 2.75) is 13.3 Å². The predicted molar refractivity (Wildman–Crippen MR) is 111 cm³/mol. The normalized spacial score (nSPS) is 16.4. The van der Waals surface area contributed by atoms with E-state index in [4.69, 9.17) is 4.74 Å². The molecule has 0 unspecified atom stereocenters. The molecule has 3 aromatic carbocycles. The number of hydrogen-bond donors (Lipinski definition) is 1. The number of amides is 2. The number of carbonyl (C=O) groups is 2. The molecule has 142 valence electrons. The average Bonchev–Trinajstić information content (AvgIpc) is 3.11. The molecule has 1 fully saturated rings. The van der Waals surface area contributed by atoms with Crippen LogP contribution < -0.4 is 15.0 Å². The van der Waals surface area contributed by atoms with Gasteiger partial charge in [-0.1, -0.05) is 36.4 Å². The fourth-order valence-electron chi connectivity index (χ4n) is 3.61. The van der Waals surface area contributed by atoms with Crippen LogP contribution in [0.2, 0.25) is 0 Å². The van der Waals surface area contributed by atoms with E-state index in [9.17, 15) is 9.59 Å². The molecule has 28 heavy (non-hydrogen) atoms. The average molecular weight is 374 g/mol. The molecule has 0 aliphatic carbocycles. The monoisotopic (exact) mass is 374 g/mol. The molecule has 0 radical (unpaired) electrons. The van der Waals surface area contributed by atoms with Crippen LogP contribution in [0.3, 0.4) is 0 Å². The molecule has 4 rings (SSSR count). The third-order valence-corrected chi connectivity index (χ3v) is 4.99. The highest BCUT2D eigenvalue weighted by atomic mass is 16.5. The van der Waals surface area contributed by atoms with Gasteiger partial charge in [0.1, 0.15) is 5.75 Å². The summed E-state index contributed by atoms with van der Waals surface area (Å²) < 4.78 is 5.41. The summed E-state index contributed by atoms with van der Waals surface area (Å²) in [4.78, 5) is 27.0. The molecular formula is C23H22N2O3. The number of fused-ring (bicyclic) bond motifs is 1. The molecule has 0 bridgehead atoms. The van der Waals surface area contributed by atoms with Crippen molar-refractivity contribution in [3.8, 4) is 5.75 Å². The van der Waals surface area contributed by atoms with Gasteiger partial charge < -0.3 is 15.0 Å². The smallest absolute Gasteiger partial charge is 0.229 e. The molecule has 5 heteroatoms. The molecule has 1 aliphatic rings. The number of anilines is 2. The van der Waals surface area contributed by atoms with Crippen molar-refractivity contribution in [3.63, 3.8) is 0 Å². The number of benzene rings is 3. The van der Waals surface area contributed by atoms with Crippen LogP contribution in [-0.4, -0.2) is 25.0 Å². The summed E-state index contributed by atoms with van der Waals surface area (Å²) in [5.41, 5.74) is 1.56. The van der Waals surface area contributed by atoms with Crippen LogP contribution >= 0.6 is 0 Å². The Bertz CT molecular complexity index is 1010. The van der Waals surface area contributed by atoms with Crippen molar-refractivity contribution in [2.75, 3.05) is 23.4 Å². The van der Waals surface area contributed by atoms with Crippen LogP contribution in [0.15, 0.2) is 66.7 Å². The first-order valence-corrected chi connectivity index (χ1v) is 9.47. The van der Waals surface area contributed by atoms with Gasteiger partial charge in [-0.05, 0) is 42.6 Å². The SMILES string of the molecule is CCOc1ccc(NC(=O)[C@H]2CC(=O)N(c3cccc4ccccc34)C2)cc1. The van der Waals surface area contributed by atoms with Gasteiger partial charge in [-0.3, -0.25) is 9.59 Å². The first-order chi connectivity index (χ1) is 13.7. The quantitative estimate of drug-likeness (QED) is 0.727. The summed E-state index contributed by atoms with van der Waals surface area (Å²) in [6.07, 6.45) is 0.214. The summed E-state index contributed by atoms with van der Waals surface area (Å²) in [5.74, 6) is 0.222. The molecule has 1 atom stereocenters. The third kappa shape index (κ3) is 3.56. The number of carbonyl (C=O) groups excluding carboxylic acids is 2. The number of nitrogens with zero attached hydrogens (tertiary/aromatic N) is 1. The standard InChI is InChI=1S/C23H22N2O3/c1-2-28-19-12-10-18(11-13-19)24-23(27)17-14-22(26)25(15-17)21-9-5-7-16-6-3-4-8-20(16)21/h3-13,17H,2,14-15H2,1H3,(H,24,27)/t17-/m0/s1. The lowest BCUT2D eigenvalue weighted by molar-refractivity contribution is -0.122. The van der Waals surface area contributed by atoms with Gasteiger partial charge in [0.25, 0.3) is 0 Å². The van der Waals surface area contributed by atoms with Gasteiger partial charge in [-0.2, -0.15) is 0 Å². The minimum absolute atomic E-state index is 0.0248. The van der Waals surface area contributed by atoms with Crippen molar-refractivity contribution in [2.24, 2.45) is 5.92 Å². The molecule has 0 spiro atoms. The third-order valence-electron chi connectivity index (χ3n) is 4.99. The van der Waals surface area contributed by atoms with E-state index in [-0.39, 0.29) is 24.2 Å². The van der Waals surface area contributed by atoms with Crippen LogP contribution in [0, 0.1) is 5.92 Å². The van der Waals surface area contributed by atoms with Crippen molar-refractivity contribution >= 4 is 34.0 Å². The molecule has 2 amide bonds. The predicted octanol–water partition coefficient (Wildman–Crippen LogP) is 4.23. The van der Waals surface area contributed by atoms with Crippen LogP contribution in [0.5, 0.6) is 5.75 Å². The topological polar surface area (TPSA) is 58.6 Å². The molecular weight excluding hydrogens is 352 g/mol. The lowest BCUT2D eigenvalue weighted by atomic mass is 10.1. The fourth-order valence-corrected chi connectivity index (χ4v) is 3.61. The van der Waals surface area contributed by atoms with Crippen molar-refractivity contribution < 1.29 is 14.3 Å². The van der Waals surface area contributed by atoms with E-state index in [1.807, 2.05) is 73.7 Å². The van der Waals surface area contributed by atoms with Crippen molar-refractivity contribution in [3.05, 3.63) is 66.7 Å². The van der Waals surface area contributed by atoms with E-state index in [0.29, 0.717) is 18.8 Å². The maximum absolute atomic E-state index is 12.7. The Labute approximate surface area is 163 Å². The lowest BCUT2D eigenvalue weighted by Crippen LogP contribution is -2.28. The summed E-state index contributed by atoms with van der Waals surface area (Å²) in [6.45, 7) is 2.91. The molecule has 3 aromatic rings. The second-order valence-electron chi connectivity index (χ2n) is 6.85. The lowest BCUT2D eigenvalue weighted by Gasteiger charge is -2.19. The van der Waals surface area contributed by atoms with Gasteiger partial charge in [-0.25, -0.2) is 0 Å². The summed E-state index contributed by atoms with van der Waals surface area (Å²) in [5, 5.41) is 5.01. The maximum atomic E-state index is 12.7. The van der Waals surface area contributed by atoms with Crippen LogP contribution in [0.4, 0.5) is 11.4 Å². The number of ether oxygens (including phenoxy) is 1. The molecule has 1 saturated heterocycles. The molecule has 1 heterocycles. The van der Waals surface area contributed by atoms with E-state index in [1.165, 1.54) is 0 Å². The van der Waals surface area contributed by atoms with Gasteiger partial charge in [-0.15, -0.1) is 0 Å². The number of rotatable bonds is 5. The van der Waals surface area contributed by atoms with E-state index in [1.54, 1.807) is 4.90 Å². The summed E-state index contributed by atoms with van der Waals surface area (Å²) >= 11 is 0. The first-order valence-electron chi connectivity index (χ1n) is 9.47. The minimum Gasteiger partial charge on any atom is -0.494 e. The number of hydrogen-bond acceptors (Lipinski definition) is 3. The van der Waals surface area contributed by atoms with Crippen molar-refractivity contribution in [1.82, 2.24) is 0 Å². The number of nitrogens with one attached hydrogen (secondary N) is 1. The molecule has 1 aliphatic heterocycles. The second kappa shape index (κ2) is 7.72. The zero-order valence-electron chi connectivity index (χ0n) is 15.7.